The first kappa shape index (κ1) is 13.0. The minimum absolute atomic E-state index is 0.611. The molecule has 1 rings (SSSR count). The number of nitrogens with one attached hydrogen (secondary N) is 1. The van der Waals surface area contributed by atoms with Crippen molar-refractivity contribution in [3.8, 4) is 0 Å². The van der Waals surface area contributed by atoms with Crippen molar-refractivity contribution >= 4 is 0 Å². The molecule has 1 aliphatic carbocycles. The zero-order chi connectivity index (χ0) is 11.3. The summed E-state index contributed by atoms with van der Waals surface area (Å²) in [6, 6.07) is 1.28. The molecule has 0 heterocycles. The fraction of sp³-hybridized carbons (Fsp3) is 1.00. The highest BCUT2D eigenvalue weighted by Crippen LogP contribution is 2.30. The van der Waals surface area contributed by atoms with Crippen LogP contribution < -0.4 is 5.32 Å². The van der Waals surface area contributed by atoms with E-state index in [4.69, 9.17) is 0 Å². The Labute approximate surface area is 95.4 Å². The molecule has 2 heteroatoms. The van der Waals surface area contributed by atoms with Gasteiger partial charge in [0.25, 0.3) is 0 Å². The van der Waals surface area contributed by atoms with E-state index in [1.165, 1.54) is 32.4 Å². The van der Waals surface area contributed by atoms with E-state index in [0.29, 0.717) is 12.1 Å². The first-order valence-corrected chi connectivity index (χ1v) is 6.66. The third-order valence-corrected chi connectivity index (χ3v) is 3.53. The van der Waals surface area contributed by atoms with E-state index in [1.807, 2.05) is 0 Å². The summed E-state index contributed by atoms with van der Waals surface area (Å²) in [7, 11) is 0. The number of hydrogen-bond acceptors (Lipinski definition) is 2. The number of rotatable bonds is 8. The molecule has 0 aromatic carbocycles. The monoisotopic (exact) mass is 212 g/mol. The van der Waals surface area contributed by atoms with Crippen LogP contribution in [0.25, 0.3) is 0 Å². The quantitative estimate of drug-likeness (QED) is 0.665. The summed E-state index contributed by atoms with van der Waals surface area (Å²) in [6.45, 7) is 12.8. The summed E-state index contributed by atoms with van der Waals surface area (Å²) >= 11 is 0. The van der Waals surface area contributed by atoms with Gasteiger partial charge in [-0.3, -0.25) is 4.90 Å². The summed E-state index contributed by atoms with van der Waals surface area (Å²) in [5, 5.41) is 3.54. The second kappa shape index (κ2) is 6.49. The topological polar surface area (TPSA) is 15.3 Å². The van der Waals surface area contributed by atoms with Crippen molar-refractivity contribution in [2.75, 3.05) is 19.6 Å². The summed E-state index contributed by atoms with van der Waals surface area (Å²) in [6.07, 6.45) is 4.20. The largest absolute Gasteiger partial charge is 0.313 e. The van der Waals surface area contributed by atoms with Gasteiger partial charge in [-0.25, -0.2) is 0 Å². The van der Waals surface area contributed by atoms with Gasteiger partial charge in [-0.15, -0.1) is 0 Å². The Kier molecular flexibility index (Phi) is 5.62. The zero-order valence-electron chi connectivity index (χ0n) is 10.9. The molecule has 2 atom stereocenters. The highest BCUT2D eigenvalue weighted by molar-refractivity contribution is 4.83. The Balaban J connectivity index is 2.37. The van der Waals surface area contributed by atoms with E-state index in [2.05, 4.69) is 37.9 Å². The molecular weight excluding hydrogens is 184 g/mol. The Hall–Kier alpha value is -0.0800. The average molecular weight is 212 g/mol. The van der Waals surface area contributed by atoms with E-state index in [0.717, 1.165) is 12.5 Å². The van der Waals surface area contributed by atoms with Gasteiger partial charge in [-0.1, -0.05) is 13.8 Å². The van der Waals surface area contributed by atoms with Crippen molar-refractivity contribution in [1.29, 1.82) is 0 Å². The van der Waals surface area contributed by atoms with Gasteiger partial charge in [-0.05, 0) is 52.1 Å². The van der Waals surface area contributed by atoms with Crippen LogP contribution in [0.4, 0.5) is 0 Å². The summed E-state index contributed by atoms with van der Waals surface area (Å²) in [4.78, 5) is 2.67. The van der Waals surface area contributed by atoms with Crippen LogP contribution in [0.3, 0.4) is 0 Å². The lowest BCUT2D eigenvalue weighted by atomic mass is 10.1. The van der Waals surface area contributed by atoms with Gasteiger partial charge in [0.2, 0.25) is 0 Å². The minimum atomic E-state index is 0.611. The fourth-order valence-electron chi connectivity index (χ4n) is 2.19. The molecule has 0 amide bonds. The maximum absolute atomic E-state index is 3.54. The third kappa shape index (κ3) is 4.52. The molecule has 0 saturated heterocycles. The molecule has 2 unspecified atom stereocenters. The molecule has 0 aliphatic heterocycles. The van der Waals surface area contributed by atoms with Crippen molar-refractivity contribution in [2.24, 2.45) is 5.92 Å². The van der Waals surface area contributed by atoms with Crippen molar-refractivity contribution in [3.63, 3.8) is 0 Å². The maximum atomic E-state index is 3.54. The van der Waals surface area contributed by atoms with Gasteiger partial charge >= 0.3 is 0 Å². The highest BCUT2D eigenvalue weighted by Gasteiger charge is 2.27. The van der Waals surface area contributed by atoms with Crippen molar-refractivity contribution < 1.29 is 0 Å². The molecule has 0 spiro atoms. The second-order valence-electron chi connectivity index (χ2n) is 5.03. The SMILES string of the molecule is CCCN(CC1CC1)C(C)C(C)NCC. The lowest BCUT2D eigenvalue weighted by Gasteiger charge is -2.33. The van der Waals surface area contributed by atoms with E-state index in [9.17, 15) is 0 Å². The van der Waals surface area contributed by atoms with E-state index >= 15 is 0 Å². The van der Waals surface area contributed by atoms with Crippen LogP contribution in [0.5, 0.6) is 0 Å². The Morgan fingerprint density at radius 1 is 1.27 bits per heavy atom. The van der Waals surface area contributed by atoms with Crippen LogP contribution in [-0.4, -0.2) is 36.6 Å². The smallest absolute Gasteiger partial charge is 0.0218 e. The summed E-state index contributed by atoms with van der Waals surface area (Å²) < 4.78 is 0. The van der Waals surface area contributed by atoms with Gasteiger partial charge in [0.15, 0.2) is 0 Å². The molecule has 0 aromatic heterocycles. The molecule has 1 N–H and O–H groups in total. The maximum Gasteiger partial charge on any atom is 0.0218 e. The molecule has 0 bridgehead atoms. The number of nitrogens with zero attached hydrogens (tertiary/aromatic N) is 1. The normalized spacial score (nSPS) is 20.6. The van der Waals surface area contributed by atoms with Crippen LogP contribution in [0.2, 0.25) is 0 Å². The molecule has 1 aliphatic rings. The van der Waals surface area contributed by atoms with Crippen molar-refractivity contribution in [2.45, 2.75) is 59.0 Å². The third-order valence-electron chi connectivity index (χ3n) is 3.53. The first-order chi connectivity index (χ1) is 7.19. The van der Waals surface area contributed by atoms with E-state index < -0.39 is 0 Å². The molecule has 1 saturated carbocycles. The Morgan fingerprint density at radius 3 is 2.40 bits per heavy atom. The molecule has 1 fully saturated rings. The van der Waals surface area contributed by atoms with Crippen LogP contribution in [-0.2, 0) is 0 Å². The Morgan fingerprint density at radius 2 is 1.93 bits per heavy atom. The van der Waals surface area contributed by atoms with Crippen LogP contribution in [0.1, 0.15) is 47.0 Å². The standard InChI is InChI=1S/C13H28N2/c1-5-9-15(10-13-7-8-13)12(4)11(3)14-6-2/h11-14H,5-10H2,1-4H3. The lowest BCUT2D eigenvalue weighted by Crippen LogP contribution is -2.47. The van der Waals surface area contributed by atoms with Gasteiger partial charge in [-0.2, -0.15) is 0 Å². The minimum Gasteiger partial charge on any atom is -0.313 e. The van der Waals surface area contributed by atoms with E-state index in [-0.39, 0.29) is 0 Å². The molecule has 90 valence electrons. The summed E-state index contributed by atoms with van der Waals surface area (Å²) in [5.41, 5.74) is 0. The fourth-order valence-corrected chi connectivity index (χ4v) is 2.19. The average Bonchev–Trinajstić information content (AvgIpc) is 3.00. The molecular formula is C13H28N2. The second-order valence-corrected chi connectivity index (χ2v) is 5.03. The van der Waals surface area contributed by atoms with Gasteiger partial charge in [0.1, 0.15) is 0 Å². The molecule has 2 nitrogen and oxygen atoms in total. The van der Waals surface area contributed by atoms with Crippen molar-refractivity contribution in [3.05, 3.63) is 0 Å². The van der Waals surface area contributed by atoms with Gasteiger partial charge < -0.3 is 5.32 Å². The van der Waals surface area contributed by atoms with Crippen molar-refractivity contribution in [1.82, 2.24) is 10.2 Å². The van der Waals surface area contributed by atoms with Gasteiger partial charge in [0, 0.05) is 18.6 Å². The Bertz CT molecular complexity index is 166. The number of likely N-dealkylation sites (N-methyl/N-ethyl adjacent to an activating group) is 1. The highest BCUT2D eigenvalue weighted by atomic mass is 15.2. The predicted octanol–water partition coefficient (Wildman–Crippen LogP) is 2.49. The van der Waals surface area contributed by atoms with Gasteiger partial charge in [0.05, 0.1) is 0 Å². The number of hydrogen-bond donors (Lipinski definition) is 1. The lowest BCUT2D eigenvalue weighted by molar-refractivity contribution is 0.168. The predicted molar refractivity (Wildman–Crippen MR) is 67.2 cm³/mol. The molecule has 15 heavy (non-hydrogen) atoms. The molecule has 0 radical (unpaired) electrons. The molecule has 0 aromatic rings. The first-order valence-electron chi connectivity index (χ1n) is 6.66. The zero-order valence-corrected chi connectivity index (χ0v) is 10.9. The summed E-state index contributed by atoms with van der Waals surface area (Å²) in [5.74, 6) is 1.01. The van der Waals surface area contributed by atoms with Crippen LogP contribution in [0.15, 0.2) is 0 Å². The van der Waals surface area contributed by atoms with Crippen LogP contribution in [0, 0.1) is 5.92 Å². The van der Waals surface area contributed by atoms with Crippen LogP contribution >= 0.6 is 0 Å². The van der Waals surface area contributed by atoms with E-state index in [1.54, 1.807) is 0 Å².